The van der Waals surface area contributed by atoms with Crippen LogP contribution in [0.1, 0.15) is 10.4 Å². The number of para-hydroxylation sites is 1. The van der Waals surface area contributed by atoms with Crippen LogP contribution in [-0.4, -0.2) is 43.0 Å². The van der Waals surface area contributed by atoms with Crippen molar-refractivity contribution >= 4 is 79.5 Å². The third-order valence-electron chi connectivity index (χ3n) is 3.49. The number of thiazole rings is 1. The van der Waals surface area contributed by atoms with E-state index in [9.17, 15) is 9.18 Å². The van der Waals surface area contributed by atoms with Gasteiger partial charge in [-0.1, -0.05) is 40.6 Å². The summed E-state index contributed by atoms with van der Waals surface area (Å²) in [5.74, 6) is -0.703. The predicted molar refractivity (Wildman–Crippen MR) is 111 cm³/mol. The second kappa shape index (κ2) is 8.82. The van der Waals surface area contributed by atoms with E-state index in [0.29, 0.717) is 37.2 Å². The average molecular weight is 455 g/mol. The number of benzene rings is 1. The highest BCUT2D eigenvalue weighted by Crippen LogP contribution is 2.35. The van der Waals surface area contributed by atoms with Crippen LogP contribution in [0.3, 0.4) is 0 Å². The summed E-state index contributed by atoms with van der Waals surface area (Å²) in [6, 6.07) is 6.31. The van der Waals surface area contributed by atoms with E-state index in [1.165, 1.54) is 22.3 Å². The number of thiophene rings is 1. The largest absolute Gasteiger partial charge is 0.308 e. The van der Waals surface area contributed by atoms with Gasteiger partial charge < -0.3 is 4.90 Å². The molecular formula is C16H15Cl3FN3OS2. The molecule has 0 N–H and O–H groups in total. The third kappa shape index (κ3) is 4.47. The number of rotatable bonds is 5. The molecule has 26 heavy (non-hydrogen) atoms. The van der Waals surface area contributed by atoms with Crippen molar-refractivity contribution in [2.24, 2.45) is 0 Å². The fourth-order valence-electron chi connectivity index (χ4n) is 2.23. The minimum absolute atomic E-state index is 0. The maximum absolute atomic E-state index is 14.0. The normalized spacial score (nSPS) is 11.0. The molecule has 4 nitrogen and oxygen atoms in total. The zero-order chi connectivity index (χ0) is 18.1. The Kier molecular flexibility index (Phi) is 7.24. The van der Waals surface area contributed by atoms with Crippen molar-refractivity contribution in [2.45, 2.75) is 0 Å². The molecule has 1 amide bonds. The van der Waals surface area contributed by atoms with Crippen LogP contribution in [0.15, 0.2) is 24.3 Å². The van der Waals surface area contributed by atoms with Gasteiger partial charge in [-0.2, -0.15) is 0 Å². The lowest BCUT2D eigenvalue weighted by atomic mass is 10.3. The lowest BCUT2D eigenvalue weighted by Gasteiger charge is -2.21. The lowest BCUT2D eigenvalue weighted by molar-refractivity contribution is 0.0986. The highest BCUT2D eigenvalue weighted by atomic mass is 35.5. The van der Waals surface area contributed by atoms with Gasteiger partial charge in [0.05, 0.1) is 14.6 Å². The van der Waals surface area contributed by atoms with Crippen LogP contribution in [0.25, 0.3) is 10.2 Å². The van der Waals surface area contributed by atoms with Gasteiger partial charge in [-0.3, -0.25) is 9.69 Å². The maximum atomic E-state index is 14.0. The molecule has 3 rings (SSSR count). The standard InChI is InChI=1S/C16H14Cl2FN3OS2.ClH/c1-21(2)6-7-22(15(23)9-8-12(17)25-14(9)18)16-20-13-10(19)4-3-5-11(13)24-16;/h3-5,8H,6-7H2,1-2H3;1H. The Morgan fingerprint density at radius 3 is 2.54 bits per heavy atom. The monoisotopic (exact) mass is 453 g/mol. The lowest BCUT2D eigenvalue weighted by Crippen LogP contribution is -2.36. The highest BCUT2D eigenvalue weighted by molar-refractivity contribution is 7.22. The van der Waals surface area contributed by atoms with Gasteiger partial charge >= 0.3 is 0 Å². The number of fused-ring (bicyclic) bond motifs is 1. The summed E-state index contributed by atoms with van der Waals surface area (Å²) in [5.41, 5.74) is 0.592. The minimum Gasteiger partial charge on any atom is -0.308 e. The SMILES string of the molecule is CN(C)CCN(C(=O)c1cc(Cl)sc1Cl)c1nc2c(F)cccc2s1.Cl. The van der Waals surface area contributed by atoms with Crippen LogP contribution in [0.5, 0.6) is 0 Å². The fourth-order valence-corrected chi connectivity index (χ4v) is 4.69. The van der Waals surface area contributed by atoms with E-state index >= 15 is 0 Å². The summed E-state index contributed by atoms with van der Waals surface area (Å²) in [6.45, 7) is 1.02. The molecule has 2 heterocycles. The highest BCUT2D eigenvalue weighted by Gasteiger charge is 2.25. The van der Waals surface area contributed by atoms with Crippen molar-refractivity contribution in [1.29, 1.82) is 0 Å². The summed E-state index contributed by atoms with van der Waals surface area (Å²) in [6.07, 6.45) is 0. The number of amides is 1. The van der Waals surface area contributed by atoms with Gasteiger partial charge in [0.25, 0.3) is 5.91 Å². The first-order valence-corrected chi connectivity index (χ1v) is 9.72. The Morgan fingerprint density at radius 1 is 1.23 bits per heavy atom. The van der Waals surface area contributed by atoms with Crippen LogP contribution in [-0.2, 0) is 0 Å². The van der Waals surface area contributed by atoms with Crippen LogP contribution < -0.4 is 4.90 Å². The van der Waals surface area contributed by atoms with Gasteiger partial charge in [0.15, 0.2) is 5.13 Å². The van der Waals surface area contributed by atoms with E-state index in [4.69, 9.17) is 23.2 Å². The second-order valence-corrected chi connectivity index (χ2v) is 8.88. The number of carbonyl (C=O) groups is 1. The predicted octanol–water partition coefficient (Wildman–Crippen LogP) is 5.43. The van der Waals surface area contributed by atoms with Gasteiger partial charge in [0.1, 0.15) is 15.7 Å². The molecule has 0 aliphatic carbocycles. The molecule has 0 spiro atoms. The molecule has 0 fully saturated rings. The van der Waals surface area contributed by atoms with Gasteiger partial charge in [0.2, 0.25) is 0 Å². The second-order valence-electron chi connectivity index (χ2n) is 5.58. The van der Waals surface area contributed by atoms with Gasteiger partial charge in [0, 0.05) is 13.1 Å². The summed E-state index contributed by atoms with van der Waals surface area (Å²) >= 11 is 14.5. The third-order valence-corrected chi connectivity index (χ3v) is 6.02. The number of anilines is 1. The molecular weight excluding hydrogens is 440 g/mol. The van der Waals surface area contributed by atoms with Crippen LogP contribution >= 0.6 is 58.3 Å². The molecule has 0 bridgehead atoms. The first-order chi connectivity index (χ1) is 11.9. The average Bonchev–Trinajstić information content (AvgIpc) is 3.11. The van der Waals surface area contributed by atoms with Gasteiger partial charge in [-0.25, -0.2) is 9.37 Å². The summed E-state index contributed by atoms with van der Waals surface area (Å²) in [5, 5.41) is 0.435. The zero-order valence-electron chi connectivity index (χ0n) is 13.8. The summed E-state index contributed by atoms with van der Waals surface area (Å²) in [7, 11) is 3.82. The first-order valence-electron chi connectivity index (χ1n) is 7.33. The van der Waals surface area contributed by atoms with Crippen molar-refractivity contribution in [3.05, 3.63) is 44.3 Å². The van der Waals surface area contributed by atoms with E-state index in [0.717, 1.165) is 11.3 Å². The molecule has 0 saturated heterocycles. The van der Waals surface area contributed by atoms with Crippen molar-refractivity contribution in [3.63, 3.8) is 0 Å². The first kappa shape index (κ1) is 21.3. The molecule has 10 heteroatoms. The Morgan fingerprint density at radius 2 is 1.96 bits per heavy atom. The zero-order valence-corrected chi connectivity index (χ0v) is 17.8. The molecule has 0 unspecified atom stereocenters. The van der Waals surface area contributed by atoms with E-state index in [1.807, 2.05) is 19.0 Å². The fraction of sp³-hybridized carbons (Fsp3) is 0.250. The molecule has 140 valence electrons. The Balaban J connectivity index is 0.00000243. The molecule has 0 aliphatic heterocycles. The molecule has 1 aromatic carbocycles. The number of aromatic nitrogens is 1. The molecule has 3 aromatic rings. The van der Waals surface area contributed by atoms with E-state index in [-0.39, 0.29) is 23.8 Å². The van der Waals surface area contributed by atoms with Crippen LogP contribution in [0, 0.1) is 5.82 Å². The molecule has 0 aliphatic rings. The minimum atomic E-state index is -0.406. The Labute approximate surface area is 174 Å². The van der Waals surface area contributed by atoms with Crippen molar-refractivity contribution in [3.8, 4) is 0 Å². The summed E-state index contributed by atoms with van der Waals surface area (Å²) < 4.78 is 15.4. The molecule has 0 saturated carbocycles. The van der Waals surface area contributed by atoms with Gasteiger partial charge in [-0.15, -0.1) is 23.7 Å². The van der Waals surface area contributed by atoms with E-state index in [1.54, 1.807) is 18.2 Å². The van der Waals surface area contributed by atoms with Crippen molar-refractivity contribution in [2.75, 3.05) is 32.1 Å². The Hall–Kier alpha value is -0.960. The van der Waals surface area contributed by atoms with Gasteiger partial charge in [-0.05, 0) is 32.3 Å². The molecule has 2 aromatic heterocycles. The maximum Gasteiger partial charge on any atom is 0.262 e. The van der Waals surface area contributed by atoms with Crippen molar-refractivity contribution < 1.29 is 9.18 Å². The summed E-state index contributed by atoms with van der Waals surface area (Å²) in [4.78, 5) is 20.8. The number of hydrogen-bond acceptors (Lipinski definition) is 5. The van der Waals surface area contributed by atoms with E-state index in [2.05, 4.69) is 4.98 Å². The number of halogens is 4. The molecule has 0 atom stereocenters. The Bertz CT molecular complexity index is 929. The molecule has 0 radical (unpaired) electrons. The smallest absolute Gasteiger partial charge is 0.262 e. The quantitative estimate of drug-likeness (QED) is 0.515. The topological polar surface area (TPSA) is 36.4 Å². The van der Waals surface area contributed by atoms with Crippen LogP contribution in [0.2, 0.25) is 8.67 Å². The number of nitrogens with zero attached hydrogens (tertiary/aromatic N) is 3. The number of carbonyl (C=O) groups excluding carboxylic acids is 1. The number of hydrogen-bond donors (Lipinski definition) is 0. The van der Waals surface area contributed by atoms with Crippen molar-refractivity contribution in [1.82, 2.24) is 9.88 Å². The van der Waals surface area contributed by atoms with E-state index < -0.39 is 5.82 Å². The number of likely N-dealkylation sites (N-methyl/N-ethyl adjacent to an activating group) is 1. The van der Waals surface area contributed by atoms with Crippen LogP contribution in [0.4, 0.5) is 9.52 Å².